The SMILES string of the molecule is CSCC[C@H](O)C(=O)[O-].[K+]. The average molecular weight is 188 g/mol. The summed E-state index contributed by atoms with van der Waals surface area (Å²) in [5, 5.41) is 18.4. The summed E-state index contributed by atoms with van der Waals surface area (Å²) in [6.45, 7) is 0. The van der Waals surface area contributed by atoms with E-state index in [1.807, 2.05) is 6.26 Å². The van der Waals surface area contributed by atoms with E-state index in [0.717, 1.165) is 0 Å². The van der Waals surface area contributed by atoms with Crippen LogP contribution in [0, 0.1) is 0 Å². The van der Waals surface area contributed by atoms with E-state index in [-0.39, 0.29) is 57.8 Å². The second kappa shape index (κ2) is 8.51. The van der Waals surface area contributed by atoms with Gasteiger partial charge >= 0.3 is 51.4 Å². The predicted molar refractivity (Wildman–Crippen MR) is 34.0 cm³/mol. The number of aliphatic carboxylic acids is 1. The number of carbonyl (C=O) groups is 1. The number of thioether (sulfide) groups is 1. The number of carboxylic acid groups (broad SMARTS) is 1. The van der Waals surface area contributed by atoms with E-state index in [4.69, 9.17) is 5.11 Å². The van der Waals surface area contributed by atoms with E-state index in [0.29, 0.717) is 5.75 Å². The summed E-state index contributed by atoms with van der Waals surface area (Å²) in [5.74, 6) is -0.737. The molecule has 10 heavy (non-hydrogen) atoms. The van der Waals surface area contributed by atoms with E-state index in [1.165, 1.54) is 11.8 Å². The topological polar surface area (TPSA) is 60.4 Å². The Morgan fingerprint density at radius 2 is 2.30 bits per heavy atom. The first-order valence-electron chi connectivity index (χ1n) is 2.56. The van der Waals surface area contributed by atoms with Gasteiger partial charge in [-0.1, -0.05) is 0 Å². The van der Waals surface area contributed by atoms with Crippen molar-refractivity contribution in [1.29, 1.82) is 0 Å². The van der Waals surface area contributed by atoms with Crippen LogP contribution in [0.1, 0.15) is 6.42 Å². The Hall–Kier alpha value is 1.42. The average Bonchev–Trinajstić information content (AvgIpc) is 1.82. The Balaban J connectivity index is 0. The molecule has 0 aromatic carbocycles. The Bertz CT molecular complexity index is 98.9. The molecular weight excluding hydrogens is 179 g/mol. The van der Waals surface area contributed by atoms with Gasteiger partial charge in [0, 0.05) is 0 Å². The van der Waals surface area contributed by atoms with Gasteiger partial charge in [-0.15, -0.1) is 0 Å². The minimum atomic E-state index is -1.39. The Morgan fingerprint density at radius 1 is 1.80 bits per heavy atom. The molecule has 0 rings (SSSR count). The van der Waals surface area contributed by atoms with E-state index in [2.05, 4.69) is 0 Å². The summed E-state index contributed by atoms with van der Waals surface area (Å²) in [6.07, 6.45) is 0.823. The van der Waals surface area contributed by atoms with Crippen LogP contribution in [0.2, 0.25) is 0 Å². The molecule has 0 unspecified atom stereocenters. The van der Waals surface area contributed by atoms with Crippen LogP contribution in [-0.2, 0) is 4.79 Å². The zero-order valence-corrected chi connectivity index (χ0v) is 10.1. The van der Waals surface area contributed by atoms with Gasteiger partial charge in [0.2, 0.25) is 0 Å². The fourth-order valence-electron chi connectivity index (χ4n) is 0.347. The molecule has 0 aromatic heterocycles. The van der Waals surface area contributed by atoms with Crippen LogP contribution in [0.5, 0.6) is 0 Å². The number of hydrogen-bond acceptors (Lipinski definition) is 4. The molecule has 54 valence electrons. The number of hydrogen-bond donors (Lipinski definition) is 1. The number of aliphatic hydroxyl groups excluding tert-OH is 1. The third-order valence-electron chi connectivity index (χ3n) is 0.867. The summed E-state index contributed by atoms with van der Waals surface area (Å²) in [5.41, 5.74) is 0. The standard InChI is InChI=1S/C5H10O3S.K/c1-9-3-2-4(6)5(7)8;/h4,6H,2-3H2,1H3,(H,7,8);/q;+1/p-1/t4-;/m0./s1. The van der Waals surface area contributed by atoms with Gasteiger partial charge in [-0.25, -0.2) is 0 Å². The van der Waals surface area contributed by atoms with E-state index in [9.17, 15) is 9.90 Å². The van der Waals surface area contributed by atoms with Crippen molar-refractivity contribution in [2.75, 3.05) is 12.0 Å². The maximum absolute atomic E-state index is 9.83. The van der Waals surface area contributed by atoms with Crippen molar-refractivity contribution in [2.45, 2.75) is 12.5 Å². The molecule has 0 fully saturated rings. The predicted octanol–water partition coefficient (Wildman–Crippen LogP) is -4.15. The molecule has 1 atom stereocenters. The summed E-state index contributed by atoms with van der Waals surface area (Å²) in [4.78, 5) is 9.83. The normalized spacial score (nSPS) is 11.8. The third-order valence-corrected chi connectivity index (χ3v) is 1.51. The van der Waals surface area contributed by atoms with Crippen LogP contribution >= 0.6 is 11.8 Å². The van der Waals surface area contributed by atoms with Gasteiger partial charge < -0.3 is 15.0 Å². The Labute approximate surface area is 107 Å². The minimum Gasteiger partial charge on any atom is -0.547 e. The largest absolute Gasteiger partial charge is 1.00 e. The number of carboxylic acids is 1. The van der Waals surface area contributed by atoms with Crippen molar-refractivity contribution in [2.24, 2.45) is 0 Å². The van der Waals surface area contributed by atoms with Gasteiger partial charge in [0.1, 0.15) is 0 Å². The van der Waals surface area contributed by atoms with Crippen LogP contribution in [0.25, 0.3) is 0 Å². The van der Waals surface area contributed by atoms with Crippen molar-refractivity contribution in [3.05, 3.63) is 0 Å². The summed E-state index contributed by atoms with van der Waals surface area (Å²) < 4.78 is 0. The molecule has 5 heteroatoms. The third kappa shape index (κ3) is 7.52. The summed E-state index contributed by atoms with van der Waals surface area (Å²) >= 11 is 1.50. The first-order chi connectivity index (χ1) is 4.18. The molecule has 0 radical (unpaired) electrons. The number of rotatable bonds is 4. The van der Waals surface area contributed by atoms with E-state index in [1.54, 1.807) is 0 Å². The van der Waals surface area contributed by atoms with Crippen molar-refractivity contribution in [3.63, 3.8) is 0 Å². The smallest absolute Gasteiger partial charge is 0.547 e. The molecule has 0 saturated heterocycles. The van der Waals surface area contributed by atoms with Crippen LogP contribution in [0.3, 0.4) is 0 Å². The quantitative estimate of drug-likeness (QED) is 0.455. The van der Waals surface area contributed by atoms with Crippen molar-refractivity contribution in [1.82, 2.24) is 0 Å². The zero-order valence-electron chi connectivity index (χ0n) is 6.16. The maximum Gasteiger partial charge on any atom is 1.00 e. The van der Waals surface area contributed by atoms with Gasteiger partial charge in [-0.05, 0) is 18.4 Å². The first kappa shape index (κ1) is 14.0. The van der Waals surface area contributed by atoms with E-state index >= 15 is 0 Å². The second-order valence-electron chi connectivity index (χ2n) is 1.62. The molecule has 0 heterocycles. The molecule has 0 aliphatic heterocycles. The summed E-state index contributed by atoms with van der Waals surface area (Å²) in [7, 11) is 0. The van der Waals surface area contributed by atoms with E-state index < -0.39 is 12.1 Å². The first-order valence-corrected chi connectivity index (χ1v) is 3.95. The minimum absolute atomic E-state index is 0. The Kier molecular flexibility index (Phi) is 11.9. The van der Waals surface area contributed by atoms with Gasteiger partial charge in [-0.3, -0.25) is 0 Å². The van der Waals surface area contributed by atoms with Crippen LogP contribution in [0.15, 0.2) is 0 Å². The van der Waals surface area contributed by atoms with Crippen molar-refractivity contribution < 1.29 is 66.4 Å². The Morgan fingerprint density at radius 3 is 2.60 bits per heavy atom. The molecule has 0 amide bonds. The zero-order chi connectivity index (χ0) is 7.28. The van der Waals surface area contributed by atoms with Crippen molar-refractivity contribution in [3.8, 4) is 0 Å². The van der Waals surface area contributed by atoms with Crippen LogP contribution < -0.4 is 56.5 Å². The number of aliphatic hydroxyl groups is 1. The molecule has 0 bridgehead atoms. The van der Waals surface area contributed by atoms with Crippen molar-refractivity contribution >= 4 is 17.7 Å². The molecule has 0 aliphatic carbocycles. The fraction of sp³-hybridized carbons (Fsp3) is 0.800. The molecule has 0 spiro atoms. The molecule has 0 aliphatic rings. The molecule has 0 saturated carbocycles. The van der Waals surface area contributed by atoms with Gasteiger partial charge in [0.25, 0.3) is 0 Å². The van der Waals surface area contributed by atoms with Crippen LogP contribution in [-0.4, -0.2) is 29.2 Å². The van der Waals surface area contributed by atoms with Crippen LogP contribution in [0.4, 0.5) is 0 Å². The maximum atomic E-state index is 9.83. The van der Waals surface area contributed by atoms with Gasteiger partial charge in [0.15, 0.2) is 0 Å². The van der Waals surface area contributed by atoms with Gasteiger partial charge in [0.05, 0.1) is 12.1 Å². The second-order valence-corrected chi connectivity index (χ2v) is 2.60. The number of carbonyl (C=O) groups excluding carboxylic acids is 1. The summed E-state index contributed by atoms with van der Waals surface area (Å²) in [6, 6.07) is 0. The molecule has 1 N–H and O–H groups in total. The van der Waals surface area contributed by atoms with Gasteiger partial charge in [-0.2, -0.15) is 11.8 Å². The monoisotopic (exact) mass is 188 g/mol. The fourth-order valence-corrected chi connectivity index (χ4v) is 0.806. The molecular formula is C5H9KO3S. The molecule has 0 aromatic rings. The molecule has 3 nitrogen and oxygen atoms in total.